The highest BCUT2D eigenvalue weighted by Gasteiger charge is 2.24. The number of hydrogen-bond acceptors (Lipinski definition) is 8. The van der Waals surface area contributed by atoms with Gasteiger partial charge < -0.3 is 9.88 Å². The van der Waals surface area contributed by atoms with Crippen LogP contribution in [0, 0.1) is 13.8 Å². The van der Waals surface area contributed by atoms with Crippen molar-refractivity contribution in [1.82, 2.24) is 19.7 Å². The number of thioether (sulfide) groups is 1. The second-order valence-corrected chi connectivity index (χ2v) is 11.3. The van der Waals surface area contributed by atoms with Gasteiger partial charge in [0.25, 0.3) is 0 Å². The highest BCUT2D eigenvalue weighted by atomic mass is 32.2. The van der Waals surface area contributed by atoms with Crippen LogP contribution in [0.2, 0.25) is 0 Å². The molecule has 1 unspecified atom stereocenters. The maximum absolute atomic E-state index is 12.7. The van der Waals surface area contributed by atoms with Crippen molar-refractivity contribution in [2.24, 2.45) is 0 Å². The summed E-state index contributed by atoms with van der Waals surface area (Å²) >= 11 is 2.62. The van der Waals surface area contributed by atoms with E-state index in [0.717, 1.165) is 10.6 Å². The molecule has 0 bridgehead atoms. The molecule has 0 aliphatic heterocycles. The summed E-state index contributed by atoms with van der Waals surface area (Å²) in [6.45, 7) is 9.65. The molecule has 1 aromatic carbocycles. The molecule has 1 N–H and O–H groups in total. The van der Waals surface area contributed by atoms with Crippen molar-refractivity contribution < 1.29 is 13.2 Å². The maximum atomic E-state index is 12.7. The summed E-state index contributed by atoms with van der Waals surface area (Å²) in [6, 6.07) is 8.21. The van der Waals surface area contributed by atoms with Gasteiger partial charge in [0.05, 0.1) is 15.8 Å². The Morgan fingerprint density at radius 2 is 2.00 bits per heavy atom. The minimum absolute atomic E-state index is 0.217. The van der Waals surface area contributed by atoms with Crippen LogP contribution in [0.4, 0.5) is 5.13 Å². The van der Waals surface area contributed by atoms with Crippen LogP contribution in [0.15, 0.2) is 53.0 Å². The summed E-state index contributed by atoms with van der Waals surface area (Å²) < 4.78 is 27.2. The molecule has 164 valence electrons. The maximum Gasteiger partial charge on any atom is 0.239 e. The van der Waals surface area contributed by atoms with Crippen LogP contribution in [-0.2, 0) is 26.9 Å². The number of carbonyl (C=O) groups is 1. The van der Waals surface area contributed by atoms with Crippen LogP contribution in [-0.4, -0.2) is 39.3 Å². The van der Waals surface area contributed by atoms with Crippen molar-refractivity contribution in [2.75, 3.05) is 5.32 Å². The predicted molar refractivity (Wildman–Crippen MR) is 123 cm³/mol. The summed E-state index contributed by atoms with van der Waals surface area (Å²) in [5, 5.41) is 11.5. The van der Waals surface area contributed by atoms with E-state index in [1.165, 1.54) is 23.1 Å². The van der Waals surface area contributed by atoms with Crippen LogP contribution in [0.1, 0.15) is 23.3 Å². The van der Waals surface area contributed by atoms with Gasteiger partial charge in [-0.05, 0) is 32.9 Å². The third-order valence-corrected chi connectivity index (χ3v) is 8.13. The Balaban J connectivity index is 1.76. The number of nitrogens with one attached hydrogen (secondary N) is 1. The number of aromatic nitrogens is 4. The highest BCUT2D eigenvalue weighted by molar-refractivity contribution is 8.00. The number of hydrogen-bond donors (Lipinski definition) is 1. The van der Waals surface area contributed by atoms with Gasteiger partial charge in [0.15, 0.2) is 20.1 Å². The molecule has 3 aromatic rings. The molecule has 31 heavy (non-hydrogen) atoms. The smallest absolute Gasteiger partial charge is 0.239 e. The molecule has 0 spiro atoms. The number of carbonyl (C=O) groups excluding carboxylic acids is 1. The number of aryl methyl sites for hydroxylation is 2. The molecule has 0 aliphatic rings. The molecule has 0 fully saturated rings. The number of amides is 1. The van der Waals surface area contributed by atoms with Crippen molar-refractivity contribution in [2.45, 2.75) is 48.4 Å². The standard InChI is InChI=1S/C20H23N5O3S3/c1-5-11-25-17(12-31(27,28)16-9-7-6-8-10-16)23-24-20(25)30-15(4)18(26)22-19-21-13(2)14(3)29-19/h5-10,15H,1,11-12H2,2-4H3,(H,21,22,26). The molecule has 2 heterocycles. The number of allylic oxidation sites excluding steroid dienone is 1. The first-order valence-corrected chi connectivity index (χ1v) is 12.8. The minimum Gasteiger partial charge on any atom is -0.301 e. The van der Waals surface area contributed by atoms with Gasteiger partial charge in [-0.25, -0.2) is 13.4 Å². The predicted octanol–water partition coefficient (Wildman–Crippen LogP) is 3.63. The number of nitrogens with zero attached hydrogens (tertiary/aromatic N) is 4. The first kappa shape index (κ1) is 23.2. The normalized spacial score (nSPS) is 12.5. The van der Waals surface area contributed by atoms with E-state index in [-0.39, 0.29) is 16.6 Å². The highest BCUT2D eigenvalue weighted by Crippen LogP contribution is 2.27. The van der Waals surface area contributed by atoms with E-state index in [4.69, 9.17) is 0 Å². The summed E-state index contributed by atoms with van der Waals surface area (Å²) in [5.41, 5.74) is 0.885. The van der Waals surface area contributed by atoms with Crippen LogP contribution >= 0.6 is 23.1 Å². The third-order valence-electron chi connectivity index (χ3n) is 4.44. The summed E-state index contributed by atoms with van der Waals surface area (Å²) in [5.74, 6) is -0.216. The van der Waals surface area contributed by atoms with Gasteiger partial charge >= 0.3 is 0 Å². The van der Waals surface area contributed by atoms with E-state index in [2.05, 4.69) is 27.1 Å². The van der Waals surface area contributed by atoms with E-state index >= 15 is 0 Å². The monoisotopic (exact) mass is 477 g/mol. The van der Waals surface area contributed by atoms with Crippen molar-refractivity contribution in [3.63, 3.8) is 0 Å². The lowest BCUT2D eigenvalue weighted by atomic mass is 10.4. The summed E-state index contributed by atoms with van der Waals surface area (Å²) in [7, 11) is -3.58. The lowest BCUT2D eigenvalue weighted by Gasteiger charge is -2.12. The van der Waals surface area contributed by atoms with Crippen molar-refractivity contribution >= 4 is 44.0 Å². The molecule has 1 atom stereocenters. The number of thiazole rings is 1. The van der Waals surface area contributed by atoms with E-state index in [0.29, 0.717) is 22.7 Å². The average Bonchev–Trinajstić information content (AvgIpc) is 3.24. The van der Waals surface area contributed by atoms with Gasteiger partial charge in [-0.15, -0.1) is 28.1 Å². The molecule has 11 heteroatoms. The fourth-order valence-electron chi connectivity index (χ4n) is 2.65. The Kier molecular flexibility index (Phi) is 7.29. The first-order valence-electron chi connectivity index (χ1n) is 9.43. The van der Waals surface area contributed by atoms with Crippen molar-refractivity contribution in [1.29, 1.82) is 0 Å². The SMILES string of the molecule is C=CCn1c(CS(=O)(=O)c2ccccc2)nnc1SC(C)C(=O)Nc1nc(C)c(C)s1. The molecule has 0 aliphatic carbocycles. The van der Waals surface area contributed by atoms with Crippen LogP contribution in [0.25, 0.3) is 0 Å². The molecule has 0 saturated heterocycles. The quantitative estimate of drug-likeness (QED) is 0.370. The zero-order valence-corrected chi connectivity index (χ0v) is 19.9. The Bertz CT molecular complexity index is 1170. The average molecular weight is 478 g/mol. The number of sulfone groups is 1. The second kappa shape index (κ2) is 9.75. The molecule has 2 aromatic heterocycles. The topological polar surface area (TPSA) is 107 Å². The van der Waals surface area contributed by atoms with Gasteiger partial charge in [-0.3, -0.25) is 4.79 Å². The molecular formula is C20H23N5O3S3. The molecule has 0 saturated carbocycles. The van der Waals surface area contributed by atoms with E-state index in [9.17, 15) is 13.2 Å². The fourth-order valence-corrected chi connectivity index (χ4v) is 5.64. The Morgan fingerprint density at radius 1 is 1.29 bits per heavy atom. The third kappa shape index (κ3) is 5.60. The Labute approximate surface area is 189 Å². The van der Waals surface area contributed by atoms with Crippen LogP contribution in [0.3, 0.4) is 0 Å². The van der Waals surface area contributed by atoms with Gasteiger partial charge in [0, 0.05) is 11.4 Å². The zero-order valence-electron chi connectivity index (χ0n) is 17.4. The molecule has 3 rings (SSSR count). The van der Waals surface area contributed by atoms with Gasteiger partial charge in [0.2, 0.25) is 5.91 Å². The minimum atomic E-state index is -3.58. The zero-order chi connectivity index (χ0) is 22.6. The molecule has 8 nitrogen and oxygen atoms in total. The van der Waals surface area contributed by atoms with Gasteiger partial charge in [-0.2, -0.15) is 0 Å². The van der Waals surface area contributed by atoms with Crippen LogP contribution in [0.5, 0.6) is 0 Å². The Hall–Kier alpha value is -2.50. The second-order valence-electron chi connectivity index (χ2n) is 6.78. The fraction of sp³-hybridized carbons (Fsp3) is 0.300. The lowest BCUT2D eigenvalue weighted by Crippen LogP contribution is -2.23. The number of anilines is 1. The van der Waals surface area contributed by atoms with Crippen molar-refractivity contribution in [3.05, 3.63) is 59.4 Å². The number of rotatable bonds is 9. The Morgan fingerprint density at radius 3 is 2.61 bits per heavy atom. The summed E-state index contributed by atoms with van der Waals surface area (Å²) in [6.07, 6.45) is 1.64. The molecule has 1 amide bonds. The largest absolute Gasteiger partial charge is 0.301 e. The molecular weight excluding hydrogens is 454 g/mol. The van der Waals surface area contributed by atoms with E-state index in [1.807, 2.05) is 13.8 Å². The number of benzene rings is 1. The lowest BCUT2D eigenvalue weighted by molar-refractivity contribution is -0.115. The van der Waals surface area contributed by atoms with Gasteiger partial charge in [0.1, 0.15) is 11.6 Å². The van der Waals surface area contributed by atoms with E-state index < -0.39 is 15.1 Å². The van der Waals surface area contributed by atoms with Gasteiger partial charge in [-0.1, -0.05) is 36.0 Å². The van der Waals surface area contributed by atoms with E-state index in [1.54, 1.807) is 47.9 Å². The van der Waals surface area contributed by atoms with Crippen molar-refractivity contribution in [3.8, 4) is 0 Å². The molecule has 0 radical (unpaired) electrons. The van der Waals surface area contributed by atoms with Crippen LogP contribution < -0.4 is 5.32 Å². The first-order chi connectivity index (χ1) is 14.7. The summed E-state index contributed by atoms with van der Waals surface area (Å²) in [4.78, 5) is 18.2.